The van der Waals surface area contributed by atoms with E-state index in [-0.39, 0.29) is 0 Å². The van der Waals surface area contributed by atoms with Gasteiger partial charge in [0.25, 0.3) is 0 Å². The van der Waals surface area contributed by atoms with Gasteiger partial charge < -0.3 is 4.74 Å². The Morgan fingerprint density at radius 2 is 1.78 bits per heavy atom. The van der Waals surface area contributed by atoms with Gasteiger partial charge in [0, 0.05) is 4.90 Å². The maximum atomic E-state index is 4.92. The first-order valence-electron chi connectivity index (χ1n) is 2.64. The summed E-state index contributed by atoms with van der Waals surface area (Å²) in [6.45, 7) is 0. The van der Waals surface area contributed by atoms with E-state index in [2.05, 4.69) is 0 Å². The van der Waals surface area contributed by atoms with Crippen LogP contribution >= 0.6 is 12.6 Å². The Balaban J connectivity index is 2.88. The summed E-state index contributed by atoms with van der Waals surface area (Å²) in [5, 5.41) is 0. The molecule has 0 aliphatic carbocycles. The van der Waals surface area contributed by atoms with E-state index in [1.165, 1.54) is 0 Å². The highest BCUT2D eigenvalue weighted by Gasteiger charge is 1.87. The molecular weight excluding hydrogens is 132 g/mol. The van der Waals surface area contributed by atoms with Gasteiger partial charge in [-0.2, -0.15) is 0 Å². The molecule has 0 aromatic heterocycles. The van der Waals surface area contributed by atoms with Crippen LogP contribution in [-0.4, -0.2) is 7.11 Å². The summed E-state index contributed by atoms with van der Waals surface area (Å²) >= 11 is 4.86. The topological polar surface area (TPSA) is 9.23 Å². The van der Waals surface area contributed by atoms with Crippen LogP contribution in [0.15, 0.2) is 29.2 Å². The molecule has 1 rings (SSSR count). The van der Waals surface area contributed by atoms with E-state index in [1.807, 2.05) is 24.3 Å². The average Bonchev–Trinajstić information content (AvgIpc) is 1.90. The van der Waals surface area contributed by atoms with E-state index in [4.69, 9.17) is 17.4 Å². The van der Waals surface area contributed by atoms with Crippen LogP contribution in [0.3, 0.4) is 0 Å². The van der Waals surface area contributed by atoms with Gasteiger partial charge in [-0.05, 0) is 24.3 Å². The Morgan fingerprint density at radius 1 is 1.22 bits per heavy atom. The van der Waals surface area contributed by atoms with Crippen molar-refractivity contribution in [3.05, 3.63) is 24.3 Å². The summed E-state index contributed by atoms with van der Waals surface area (Å²) in [5.74, 6) is 0.851. The second-order valence-corrected chi connectivity index (χ2v) is 2.15. The second kappa shape index (κ2) is 2.69. The summed E-state index contributed by atoms with van der Waals surface area (Å²) in [6, 6.07) is 7.38. The first-order chi connectivity index (χ1) is 4.33. The van der Waals surface area contributed by atoms with Crippen LogP contribution in [0, 0.1) is 0 Å². The predicted molar refractivity (Wildman–Crippen MR) is 38.9 cm³/mol. The van der Waals surface area contributed by atoms with Gasteiger partial charge in [-0.3, -0.25) is 0 Å². The van der Waals surface area contributed by atoms with E-state index in [9.17, 15) is 0 Å². The van der Waals surface area contributed by atoms with Crippen LogP contribution in [0.25, 0.3) is 0 Å². The fourth-order valence-electron chi connectivity index (χ4n) is 0.576. The molecule has 1 nitrogen and oxygen atoms in total. The lowest BCUT2D eigenvalue weighted by atomic mass is 10.3. The Hall–Kier alpha value is -0.760. The summed E-state index contributed by atoms with van der Waals surface area (Å²) in [5.41, 5.74) is 0. The Morgan fingerprint density at radius 3 is 2.22 bits per heavy atom. The molecule has 0 spiro atoms. The minimum absolute atomic E-state index is 0.843. The lowest BCUT2D eigenvalue weighted by Crippen LogP contribution is -1.79. The molecule has 0 saturated heterocycles. The number of hydrogen-bond acceptors (Lipinski definition) is 1. The van der Waals surface area contributed by atoms with Gasteiger partial charge in [0.2, 0.25) is 0 Å². The lowest BCUT2D eigenvalue weighted by molar-refractivity contribution is 0.414. The summed E-state index contributed by atoms with van der Waals surface area (Å²) in [7, 11) is 1.64. The molecule has 1 aromatic rings. The largest absolute Gasteiger partial charge is 0.497 e. The SMILES string of the molecule is COc1ccc([S])cc1. The van der Waals surface area contributed by atoms with Gasteiger partial charge >= 0.3 is 0 Å². The van der Waals surface area contributed by atoms with E-state index < -0.39 is 0 Å². The quantitative estimate of drug-likeness (QED) is 0.579. The lowest BCUT2D eigenvalue weighted by Gasteiger charge is -1.96. The molecule has 2 heteroatoms. The summed E-state index contributed by atoms with van der Waals surface area (Å²) in [6.07, 6.45) is 0. The first kappa shape index (κ1) is 6.36. The molecule has 0 saturated carbocycles. The normalized spacial score (nSPS) is 9.00. The van der Waals surface area contributed by atoms with Gasteiger partial charge in [-0.15, -0.1) is 0 Å². The number of methoxy groups -OCH3 is 1. The fourth-order valence-corrected chi connectivity index (χ4v) is 0.712. The first-order valence-corrected chi connectivity index (χ1v) is 3.05. The Kier molecular flexibility index (Phi) is 1.90. The molecule has 0 aliphatic heterocycles. The zero-order chi connectivity index (χ0) is 6.69. The van der Waals surface area contributed by atoms with Gasteiger partial charge in [-0.1, -0.05) is 12.6 Å². The molecule has 0 N–H and O–H groups in total. The number of ether oxygens (including phenoxy) is 1. The van der Waals surface area contributed by atoms with Crippen molar-refractivity contribution in [2.24, 2.45) is 0 Å². The van der Waals surface area contributed by atoms with Crippen LogP contribution < -0.4 is 4.74 Å². The minimum Gasteiger partial charge on any atom is -0.497 e. The highest BCUT2D eigenvalue weighted by molar-refractivity contribution is 7.80. The van der Waals surface area contributed by atoms with Crippen molar-refractivity contribution in [2.45, 2.75) is 4.90 Å². The van der Waals surface area contributed by atoms with Gasteiger partial charge in [0.05, 0.1) is 7.11 Å². The van der Waals surface area contributed by atoms with Gasteiger partial charge in [0.1, 0.15) is 5.75 Å². The monoisotopic (exact) mass is 139 g/mol. The van der Waals surface area contributed by atoms with Crippen molar-refractivity contribution < 1.29 is 4.74 Å². The Labute approximate surface area is 60.1 Å². The van der Waals surface area contributed by atoms with Crippen LogP contribution in [0.1, 0.15) is 0 Å². The van der Waals surface area contributed by atoms with Crippen molar-refractivity contribution in [1.29, 1.82) is 0 Å². The van der Waals surface area contributed by atoms with Crippen LogP contribution in [0.4, 0.5) is 0 Å². The minimum atomic E-state index is 0.843. The molecule has 0 aliphatic rings. The smallest absolute Gasteiger partial charge is 0.118 e. The molecule has 9 heavy (non-hydrogen) atoms. The predicted octanol–water partition coefficient (Wildman–Crippen LogP) is 2.25. The molecule has 0 amide bonds. The third kappa shape index (κ3) is 1.57. The van der Waals surface area contributed by atoms with Crippen molar-refractivity contribution in [3.8, 4) is 5.75 Å². The number of benzene rings is 1. The molecule has 0 atom stereocenters. The van der Waals surface area contributed by atoms with Gasteiger partial charge in [-0.25, -0.2) is 0 Å². The maximum absolute atomic E-state index is 4.92. The molecule has 0 fully saturated rings. The molecule has 0 bridgehead atoms. The molecular formula is C7H7OS. The fraction of sp³-hybridized carbons (Fsp3) is 0.143. The molecule has 0 heterocycles. The average molecular weight is 139 g/mol. The van der Waals surface area contributed by atoms with Crippen LogP contribution in [0.5, 0.6) is 5.75 Å². The summed E-state index contributed by atoms with van der Waals surface area (Å²) < 4.78 is 4.92. The molecule has 0 unspecified atom stereocenters. The summed E-state index contributed by atoms with van der Waals surface area (Å²) in [4.78, 5) is 0.843. The maximum Gasteiger partial charge on any atom is 0.118 e. The van der Waals surface area contributed by atoms with Crippen molar-refractivity contribution in [3.63, 3.8) is 0 Å². The molecule has 1 aromatic carbocycles. The number of rotatable bonds is 1. The standard InChI is InChI=1S/C7H7OS/c1-8-6-2-4-7(9)5-3-6/h2-5H,1H3. The van der Waals surface area contributed by atoms with Crippen LogP contribution in [0.2, 0.25) is 0 Å². The van der Waals surface area contributed by atoms with E-state index >= 15 is 0 Å². The van der Waals surface area contributed by atoms with Crippen LogP contribution in [-0.2, 0) is 0 Å². The highest BCUT2D eigenvalue weighted by Crippen LogP contribution is 2.12. The second-order valence-electron chi connectivity index (χ2n) is 1.68. The van der Waals surface area contributed by atoms with Crippen molar-refractivity contribution >= 4 is 12.6 Å². The van der Waals surface area contributed by atoms with E-state index in [0.717, 1.165) is 10.6 Å². The zero-order valence-electron chi connectivity index (χ0n) is 5.13. The van der Waals surface area contributed by atoms with E-state index in [1.54, 1.807) is 7.11 Å². The van der Waals surface area contributed by atoms with Gasteiger partial charge in [0.15, 0.2) is 0 Å². The third-order valence-electron chi connectivity index (χ3n) is 1.06. The van der Waals surface area contributed by atoms with E-state index in [0.29, 0.717) is 0 Å². The van der Waals surface area contributed by atoms with Crippen molar-refractivity contribution in [2.75, 3.05) is 7.11 Å². The highest BCUT2D eigenvalue weighted by atomic mass is 32.1. The molecule has 47 valence electrons. The zero-order valence-corrected chi connectivity index (χ0v) is 5.94. The Bertz CT molecular complexity index is 181. The number of hydrogen-bond donors (Lipinski definition) is 0. The molecule has 1 radical (unpaired) electrons. The third-order valence-corrected chi connectivity index (χ3v) is 1.33. The van der Waals surface area contributed by atoms with Crippen molar-refractivity contribution in [1.82, 2.24) is 0 Å².